The van der Waals surface area contributed by atoms with Gasteiger partial charge in [-0.3, -0.25) is 0 Å². The molecule has 0 spiro atoms. The minimum atomic E-state index is -0.599. The first kappa shape index (κ1) is 11.6. The Bertz CT molecular complexity index is 170. The highest BCUT2D eigenvalue weighted by Crippen LogP contribution is 1.89. The molecule has 0 amide bonds. The Labute approximate surface area is 86.2 Å². The average molecular weight is 302 g/mol. The van der Waals surface area contributed by atoms with E-state index in [1.165, 1.54) is 0 Å². The van der Waals surface area contributed by atoms with Gasteiger partial charge in [0.2, 0.25) is 0 Å². The molecule has 0 aliphatic rings. The molecule has 6 heteroatoms. The summed E-state index contributed by atoms with van der Waals surface area (Å²) in [6.45, 7) is 0. The highest BCUT2D eigenvalue weighted by molar-refractivity contribution is 9.09. The van der Waals surface area contributed by atoms with Crippen LogP contribution in [0.4, 0.5) is 0 Å². The molecule has 0 aromatic heterocycles. The molecule has 0 aliphatic carbocycles. The molecule has 12 heavy (non-hydrogen) atoms. The minimum absolute atomic E-state index is 0.101. The number of hydrogen-bond donors (Lipinski definition) is 0. The number of carbonyl (C=O) groups excluding carboxylic acids is 2. The van der Waals surface area contributed by atoms with Crippen molar-refractivity contribution >= 4 is 43.8 Å². The SMILES string of the molecule is O=C(/C=C/C(=O)OCBr)OCBr. The molecule has 0 atom stereocenters. The normalized spacial score (nSPS) is 9.83. The highest BCUT2D eigenvalue weighted by atomic mass is 79.9. The lowest BCUT2D eigenvalue weighted by atomic mass is 10.5. The Balaban J connectivity index is 3.73. The first-order valence-corrected chi connectivity index (χ1v) is 5.08. The molecule has 0 aromatic rings. The molecule has 0 rings (SSSR count). The maximum Gasteiger partial charge on any atom is 0.331 e. The van der Waals surface area contributed by atoms with Gasteiger partial charge in [-0.05, 0) is 31.9 Å². The van der Waals surface area contributed by atoms with Crippen molar-refractivity contribution in [3.63, 3.8) is 0 Å². The van der Waals surface area contributed by atoms with E-state index < -0.39 is 11.9 Å². The summed E-state index contributed by atoms with van der Waals surface area (Å²) in [5.41, 5.74) is 0.202. The summed E-state index contributed by atoms with van der Waals surface area (Å²) in [5.74, 6) is -1.20. The van der Waals surface area contributed by atoms with E-state index in [0.717, 1.165) is 12.2 Å². The largest absolute Gasteiger partial charge is 0.451 e. The summed E-state index contributed by atoms with van der Waals surface area (Å²) in [6, 6.07) is 0. The van der Waals surface area contributed by atoms with E-state index in [2.05, 4.69) is 41.3 Å². The second-order valence-electron chi connectivity index (χ2n) is 1.48. The van der Waals surface area contributed by atoms with E-state index in [4.69, 9.17) is 0 Å². The summed E-state index contributed by atoms with van der Waals surface area (Å²) >= 11 is 5.77. The van der Waals surface area contributed by atoms with Gasteiger partial charge < -0.3 is 9.47 Å². The molecule has 0 saturated heterocycles. The van der Waals surface area contributed by atoms with Crippen LogP contribution in [-0.2, 0) is 19.1 Å². The lowest BCUT2D eigenvalue weighted by molar-refractivity contribution is -0.138. The van der Waals surface area contributed by atoms with Gasteiger partial charge >= 0.3 is 11.9 Å². The van der Waals surface area contributed by atoms with Crippen LogP contribution < -0.4 is 0 Å². The van der Waals surface area contributed by atoms with Crippen molar-refractivity contribution in [3.8, 4) is 0 Å². The van der Waals surface area contributed by atoms with Crippen molar-refractivity contribution < 1.29 is 19.1 Å². The first-order chi connectivity index (χ1) is 5.70. The van der Waals surface area contributed by atoms with Gasteiger partial charge in [0.25, 0.3) is 0 Å². The lowest BCUT2D eigenvalue weighted by Gasteiger charge is -1.94. The maximum absolute atomic E-state index is 10.6. The Kier molecular flexibility index (Phi) is 7.08. The van der Waals surface area contributed by atoms with Crippen molar-refractivity contribution in [2.24, 2.45) is 0 Å². The molecule has 0 aliphatic heterocycles. The van der Waals surface area contributed by atoms with E-state index >= 15 is 0 Å². The molecule has 0 N–H and O–H groups in total. The van der Waals surface area contributed by atoms with Gasteiger partial charge in [0.05, 0.1) is 0 Å². The Morgan fingerprint density at radius 1 is 1.00 bits per heavy atom. The number of esters is 2. The number of halogens is 2. The third kappa shape index (κ3) is 6.36. The summed E-state index contributed by atoms with van der Waals surface area (Å²) in [5, 5.41) is 0. The van der Waals surface area contributed by atoms with Crippen LogP contribution in [0.2, 0.25) is 0 Å². The van der Waals surface area contributed by atoms with Gasteiger partial charge in [0, 0.05) is 12.2 Å². The van der Waals surface area contributed by atoms with Crippen LogP contribution in [0.1, 0.15) is 0 Å². The van der Waals surface area contributed by atoms with E-state index in [-0.39, 0.29) is 11.0 Å². The summed E-state index contributed by atoms with van der Waals surface area (Å²) in [6.07, 6.45) is 1.98. The van der Waals surface area contributed by atoms with Crippen LogP contribution in [-0.4, -0.2) is 23.0 Å². The second kappa shape index (κ2) is 7.30. The van der Waals surface area contributed by atoms with Crippen LogP contribution in [0.3, 0.4) is 0 Å². The number of ether oxygens (including phenoxy) is 2. The Morgan fingerprint density at radius 2 is 1.33 bits per heavy atom. The zero-order valence-corrected chi connectivity index (χ0v) is 9.13. The monoisotopic (exact) mass is 300 g/mol. The zero-order valence-electron chi connectivity index (χ0n) is 5.96. The van der Waals surface area contributed by atoms with Crippen molar-refractivity contribution in [1.29, 1.82) is 0 Å². The van der Waals surface area contributed by atoms with Crippen LogP contribution in [0, 0.1) is 0 Å². The van der Waals surface area contributed by atoms with Crippen molar-refractivity contribution in [3.05, 3.63) is 12.2 Å². The molecule has 0 unspecified atom stereocenters. The Morgan fingerprint density at radius 3 is 1.58 bits per heavy atom. The van der Waals surface area contributed by atoms with Gasteiger partial charge in [-0.1, -0.05) is 0 Å². The fourth-order valence-corrected chi connectivity index (χ4v) is 0.791. The molecule has 0 saturated carbocycles. The van der Waals surface area contributed by atoms with Gasteiger partial charge in [-0.15, -0.1) is 0 Å². The minimum Gasteiger partial charge on any atom is -0.451 e. The fraction of sp³-hybridized carbons (Fsp3) is 0.333. The average Bonchev–Trinajstić information content (AvgIpc) is 2.02. The molecule has 0 aromatic carbocycles. The van der Waals surface area contributed by atoms with Crippen molar-refractivity contribution in [2.45, 2.75) is 0 Å². The third-order valence-corrected chi connectivity index (χ3v) is 1.21. The van der Waals surface area contributed by atoms with Gasteiger partial charge in [0.1, 0.15) is 11.0 Å². The van der Waals surface area contributed by atoms with Crippen LogP contribution in [0.25, 0.3) is 0 Å². The molecular weight excluding hydrogens is 296 g/mol. The Hall–Kier alpha value is -0.360. The van der Waals surface area contributed by atoms with E-state index in [9.17, 15) is 9.59 Å². The van der Waals surface area contributed by atoms with Gasteiger partial charge in [-0.2, -0.15) is 0 Å². The first-order valence-electron chi connectivity index (χ1n) is 2.84. The number of alkyl halides is 2. The van der Waals surface area contributed by atoms with Gasteiger partial charge in [-0.25, -0.2) is 9.59 Å². The number of rotatable bonds is 4. The molecule has 0 radical (unpaired) electrons. The molecule has 4 nitrogen and oxygen atoms in total. The standard InChI is InChI=1S/C6H6Br2O4/c7-3-11-5(9)1-2-6(10)12-4-8/h1-2H,3-4H2/b2-1+. The highest BCUT2D eigenvalue weighted by Gasteiger charge is 1.98. The predicted molar refractivity (Wildman–Crippen MR) is 48.9 cm³/mol. The molecule has 0 fully saturated rings. The maximum atomic E-state index is 10.6. The summed E-state index contributed by atoms with van der Waals surface area (Å²) in [4.78, 5) is 21.2. The van der Waals surface area contributed by atoms with Crippen molar-refractivity contribution in [2.75, 3.05) is 11.0 Å². The quantitative estimate of drug-likeness (QED) is 0.447. The van der Waals surface area contributed by atoms with E-state index in [1.807, 2.05) is 0 Å². The number of carbonyl (C=O) groups is 2. The van der Waals surface area contributed by atoms with Crippen LogP contribution >= 0.6 is 31.9 Å². The van der Waals surface area contributed by atoms with Crippen molar-refractivity contribution in [1.82, 2.24) is 0 Å². The summed E-state index contributed by atoms with van der Waals surface area (Å²) in [7, 11) is 0. The topological polar surface area (TPSA) is 52.6 Å². The number of hydrogen-bond acceptors (Lipinski definition) is 4. The fourth-order valence-electron chi connectivity index (χ4n) is 0.340. The molecule has 0 heterocycles. The zero-order chi connectivity index (χ0) is 9.40. The lowest BCUT2D eigenvalue weighted by Crippen LogP contribution is -2.02. The second-order valence-corrected chi connectivity index (χ2v) is 2.39. The van der Waals surface area contributed by atoms with E-state index in [0.29, 0.717) is 0 Å². The summed E-state index contributed by atoms with van der Waals surface area (Å²) < 4.78 is 8.88. The van der Waals surface area contributed by atoms with Crippen LogP contribution in [0.5, 0.6) is 0 Å². The molecule has 68 valence electrons. The van der Waals surface area contributed by atoms with E-state index in [1.54, 1.807) is 0 Å². The molecular formula is C6H6Br2O4. The smallest absolute Gasteiger partial charge is 0.331 e. The van der Waals surface area contributed by atoms with Gasteiger partial charge in [0.15, 0.2) is 0 Å². The third-order valence-electron chi connectivity index (χ3n) is 0.749. The van der Waals surface area contributed by atoms with Crippen LogP contribution in [0.15, 0.2) is 12.2 Å². The predicted octanol–water partition coefficient (Wildman–Crippen LogP) is 1.33. The molecule has 0 bridgehead atoms.